The topological polar surface area (TPSA) is 88.5 Å². The Kier molecular flexibility index (Phi) is 10.7. The first-order valence-corrected chi connectivity index (χ1v) is 15.2. The van der Waals surface area contributed by atoms with Gasteiger partial charge in [0.25, 0.3) is 0 Å². The van der Waals surface area contributed by atoms with Crippen LogP contribution in [0.25, 0.3) is 0 Å². The molecule has 0 radical (unpaired) electrons. The van der Waals surface area contributed by atoms with Gasteiger partial charge in [0.15, 0.2) is 11.5 Å². The van der Waals surface area contributed by atoms with Gasteiger partial charge in [-0.15, -0.1) is 0 Å². The molecule has 0 spiro atoms. The molecule has 1 amide bonds. The summed E-state index contributed by atoms with van der Waals surface area (Å²) in [5.41, 5.74) is 1.93. The van der Waals surface area contributed by atoms with E-state index in [4.69, 9.17) is 14.2 Å². The molecule has 3 atom stereocenters. The van der Waals surface area contributed by atoms with E-state index in [1.165, 1.54) is 0 Å². The van der Waals surface area contributed by atoms with Crippen molar-refractivity contribution in [1.82, 2.24) is 9.80 Å². The highest BCUT2D eigenvalue weighted by atomic mass is 16.7. The summed E-state index contributed by atoms with van der Waals surface area (Å²) in [6.45, 7) is 5.40. The number of likely N-dealkylation sites (tertiary alicyclic amines) is 1. The number of nitrogens with zero attached hydrogens (tertiary/aromatic N) is 3. The third kappa shape index (κ3) is 7.95. The summed E-state index contributed by atoms with van der Waals surface area (Å²) in [6.07, 6.45) is 4.14. The number of carboxylic acids is 1. The van der Waals surface area contributed by atoms with Gasteiger partial charge in [-0.3, -0.25) is 14.5 Å². The predicted octanol–water partition coefficient (Wildman–Crippen LogP) is 4.25. The van der Waals surface area contributed by atoms with Crippen LogP contribution in [0.4, 0.5) is 0 Å². The maximum absolute atomic E-state index is 13.8. The monoisotopic (exact) mass is 582 g/mol. The highest BCUT2D eigenvalue weighted by Crippen LogP contribution is 2.43. The number of fused-ring (bicyclic) bond motifs is 1. The highest BCUT2D eigenvalue weighted by molar-refractivity contribution is 5.79. The van der Waals surface area contributed by atoms with E-state index in [-0.39, 0.29) is 31.2 Å². The Bertz CT molecular complexity index is 1210. The molecule has 1 fully saturated rings. The second-order valence-corrected chi connectivity index (χ2v) is 12.5. The summed E-state index contributed by atoms with van der Waals surface area (Å²) < 4.78 is 17.5. The Morgan fingerprint density at radius 2 is 1.81 bits per heavy atom. The predicted molar refractivity (Wildman–Crippen MR) is 162 cm³/mol. The minimum atomic E-state index is -0.844. The van der Waals surface area contributed by atoms with Crippen LogP contribution in [-0.4, -0.2) is 105 Å². The number of unbranched alkanes of at least 4 members (excludes halogenated alkanes) is 1. The molecule has 0 aliphatic carbocycles. The number of benzene rings is 2. The zero-order valence-electron chi connectivity index (χ0n) is 25.9. The van der Waals surface area contributed by atoms with E-state index >= 15 is 0 Å². The van der Waals surface area contributed by atoms with E-state index in [9.17, 15) is 14.7 Å². The van der Waals surface area contributed by atoms with Gasteiger partial charge >= 0.3 is 5.97 Å². The Hall–Kier alpha value is -3.30. The van der Waals surface area contributed by atoms with Crippen molar-refractivity contribution in [2.75, 3.05) is 67.8 Å². The second-order valence-electron chi connectivity index (χ2n) is 12.5. The second kappa shape index (κ2) is 14.2. The number of carboxylic acid groups (broad SMARTS) is 1. The van der Waals surface area contributed by atoms with Crippen LogP contribution >= 0.6 is 0 Å². The molecule has 4 rings (SSSR count). The molecular formula is C33H48N3O6+. The number of rotatable bonds is 15. The van der Waals surface area contributed by atoms with Crippen LogP contribution in [0.1, 0.15) is 49.7 Å². The molecule has 0 bridgehead atoms. The number of amides is 1. The van der Waals surface area contributed by atoms with Gasteiger partial charge in [0.2, 0.25) is 12.7 Å². The van der Waals surface area contributed by atoms with Crippen molar-refractivity contribution in [2.24, 2.45) is 5.92 Å². The number of quaternary nitrogens is 1. The molecule has 2 aromatic carbocycles. The molecule has 9 heteroatoms. The van der Waals surface area contributed by atoms with Gasteiger partial charge in [-0.25, -0.2) is 0 Å². The molecule has 230 valence electrons. The standard InChI is InChI=1S/C33H47N3O6/c1-6-7-17-34(18-10-19-36(2,3)4)31(37)22-35-21-26(25-14-16-29-30(20-25)42-23-41-29)32(33(38)39)27(35)15-13-24-11-8-9-12-28(24)40-5/h8-9,11-12,14,16,20,26-27,32H,6-7,10,13,15,17-19,21-23H2,1-5H3/p+1/t26-,27+,32?/m1/s1. The van der Waals surface area contributed by atoms with Crippen molar-refractivity contribution in [3.05, 3.63) is 53.6 Å². The quantitative estimate of drug-likeness (QED) is 0.314. The number of methoxy groups -OCH3 is 1. The van der Waals surface area contributed by atoms with Crippen LogP contribution in [0.5, 0.6) is 17.2 Å². The minimum Gasteiger partial charge on any atom is -0.496 e. The van der Waals surface area contributed by atoms with Gasteiger partial charge in [0, 0.05) is 38.0 Å². The first kappa shape index (κ1) is 31.6. The number of para-hydroxylation sites is 1. The zero-order valence-corrected chi connectivity index (χ0v) is 25.9. The van der Waals surface area contributed by atoms with E-state index in [2.05, 4.69) is 33.0 Å². The lowest BCUT2D eigenvalue weighted by molar-refractivity contribution is -0.870. The van der Waals surface area contributed by atoms with Crippen molar-refractivity contribution in [1.29, 1.82) is 0 Å². The van der Waals surface area contributed by atoms with Crippen LogP contribution < -0.4 is 14.2 Å². The summed E-state index contributed by atoms with van der Waals surface area (Å²) in [4.78, 5) is 30.8. The van der Waals surface area contributed by atoms with Gasteiger partial charge in [0.05, 0.1) is 47.3 Å². The molecule has 2 aliphatic rings. The highest BCUT2D eigenvalue weighted by Gasteiger charge is 2.47. The Balaban J connectivity index is 1.59. The number of hydrogen-bond donors (Lipinski definition) is 1. The van der Waals surface area contributed by atoms with E-state index < -0.39 is 11.9 Å². The fourth-order valence-electron chi connectivity index (χ4n) is 6.27. The van der Waals surface area contributed by atoms with E-state index in [0.29, 0.717) is 37.4 Å². The summed E-state index contributed by atoms with van der Waals surface area (Å²) in [5, 5.41) is 10.6. The number of carbonyl (C=O) groups is 2. The average molecular weight is 583 g/mol. The molecule has 1 N–H and O–H groups in total. The van der Waals surface area contributed by atoms with Gasteiger partial charge in [0.1, 0.15) is 5.75 Å². The largest absolute Gasteiger partial charge is 0.496 e. The molecule has 2 heterocycles. The molecule has 2 aliphatic heterocycles. The fraction of sp³-hybridized carbons (Fsp3) is 0.576. The average Bonchev–Trinajstić information content (AvgIpc) is 3.57. The Labute approximate surface area is 250 Å². The van der Waals surface area contributed by atoms with Gasteiger partial charge in [-0.1, -0.05) is 37.6 Å². The fourth-order valence-corrected chi connectivity index (χ4v) is 6.27. The summed E-state index contributed by atoms with van der Waals surface area (Å²) in [5.74, 6) is 0.375. The van der Waals surface area contributed by atoms with Gasteiger partial charge in [-0.05, 0) is 48.6 Å². The lowest BCUT2D eigenvalue weighted by atomic mass is 9.83. The zero-order chi connectivity index (χ0) is 30.3. The molecule has 0 aromatic heterocycles. The van der Waals surface area contributed by atoms with Crippen molar-refractivity contribution in [3.63, 3.8) is 0 Å². The van der Waals surface area contributed by atoms with Crippen molar-refractivity contribution < 1.29 is 33.4 Å². The molecular weight excluding hydrogens is 534 g/mol. The molecule has 2 aromatic rings. The van der Waals surface area contributed by atoms with Crippen LogP contribution in [-0.2, 0) is 16.0 Å². The molecule has 1 unspecified atom stereocenters. The third-order valence-electron chi connectivity index (χ3n) is 8.49. The van der Waals surface area contributed by atoms with Crippen LogP contribution in [0.2, 0.25) is 0 Å². The van der Waals surface area contributed by atoms with Crippen molar-refractivity contribution in [3.8, 4) is 17.2 Å². The Morgan fingerprint density at radius 3 is 2.52 bits per heavy atom. The number of hydrogen-bond acceptors (Lipinski definition) is 6. The SMILES string of the molecule is CCCCN(CCC[N+](C)(C)C)C(=O)CN1C[C@H](c2ccc3c(c2)OCO3)C(C(=O)O)[C@@H]1CCc1ccccc1OC. The van der Waals surface area contributed by atoms with Gasteiger partial charge < -0.3 is 28.7 Å². The summed E-state index contributed by atoms with van der Waals surface area (Å²) >= 11 is 0. The maximum atomic E-state index is 13.8. The number of aliphatic carboxylic acids is 1. The molecule has 42 heavy (non-hydrogen) atoms. The van der Waals surface area contributed by atoms with E-state index in [0.717, 1.165) is 53.7 Å². The van der Waals surface area contributed by atoms with Crippen LogP contribution in [0, 0.1) is 5.92 Å². The van der Waals surface area contributed by atoms with Gasteiger partial charge in [-0.2, -0.15) is 0 Å². The molecule has 1 saturated heterocycles. The maximum Gasteiger partial charge on any atom is 0.308 e. The third-order valence-corrected chi connectivity index (χ3v) is 8.49. The number of carbonyl (C=O) groups excluding carboxylic acids is 1. The Morgan fingerprint density at radius 1 is 1.07 bits per heavy atom. The smallest absolute Gasteiger partial charge is 0.308 e. The van der Waals surface area contributed by atoms with E-state index in [1.54, 1.807) is 7.11 Å². The van der Waals surface area contributed by atoms with Crippen molar-refractivity contribution >= 4 is 11.9 Å². The first-order valence-electron chi connectivity index (χ1n) is 15.2. The summed E-state index contributed by atoms with van der Waals surface area (Å²) in [7, 11) is 8.14. The lowest BCUT2D eigenvalue weighted by Gasteiger charge is -2.31. The normalized spacial score (nSPS) is 20.1. The molecule has 0 saturated carbocycles. The first-order chi connectivity index (χ1) is 20.1. The van der Waals surface area contributed by atoms with Crippen LogP contribution in [0.15, 0.2) is 42.5 Å². The number of aryl methyl sites for hydroxylation is 1. The lowest BCUT2D eigenvalue weighted by Crippen LogP contribution is -2.45. The number of ether oxygens (including phenoxy) is 3. The molecule has 9 nitrogen and oxygen atoms in total. The summed E-state index contributed by atoms with van der Waals surface area (Å²) in [6, 6.07) is 13.2. The van der Waals surface area contributed by atoms with Crippen LogP contribution in [0.3, 0.4) is 0 Å². The van der Waals surface area contributed by atoms with Crippen molar-refractivity contribution in [2.45, 2.75) is 51.0 Å². The minimum absolute atomic E-state index is 0.0719. The van der Waals surface area contributed by atoms with E-state index in [1.807, 2.05) is 47.4 Å².